The molecule has 0 spiro atoms. The molecule has 0 saturated carbocycles. The molecule has 0 bridgehead atoms. The van der Waals surface area contributed by atoms with Gasteiger partial charge in [0.1, 0.15) is 5.82 Å². The number of likely N-dealkylation sites (N-methyl/N-ethyl adjacent to an activating group) is 1. The molecule has 0 saturated heterocycles. The molecule has 1 unspecified atom stereocenters. The zero-order valence-corrected chi connectivity index (χ0v) is 15.4. The number of nitrogens with zero attached hydrogens (tertiary/aromatic N) is 3. The molecule has 5 heteroatoms. The van der Waals surface area contributed by atoms with Crippen LogP contribution < -0.4 is 5.32 Å². The number of nitrogens with one attached hydrogen (secondary N) is 1. The van der Waals surface area contributed by atoms with Crippen LogP contribution in [0.5, 0.6) is 0 Å². The Morgan fingerprint density at radius 1 is 1.04 bits per heavy atom. The highest BCUT2D eigenvalue weighted by Gasteiger charge is 2.15. The highest BCUT2D eigenvalue weighted by molar-refractivity contribution is 5.79. The van der Waals surface area contributed by atoms with E-state index in [4.69, 9.17) is 0 Å². The van der Waals surface area contributed by atoms with Crippen LogP contribution in [0, 0.1) is 5.82 Å². The van der Waals surface area contributed by atoms with Crippen LogP contribution in [-0.4, -0.2) is 50.5 Å². The van der Waals surface area contributed by atoms with Gasteiger partial charge in [-0.15, -0.1) is 0 Å². The Balaban J connectivity index is 1.99. The van der Waals surface area contributed by atoms with Crippen molar-refractivity contribution < 1.29 is 4.39 Å². The summed E-state index contributed by atoms with van der Waals surface area (Å²) in [5.74, 6) is 0.595. The van der Waals surface area contributed by atoms with Crippen molar-refractivity contribution in [1.29, 1.82) is 0 Å². The van der Waals surface area contributed by atoms with Gasteiger partial charge in [0, 0.05) is 27.2 Å². The SMILES string of the molecule is CN=C(NCC(c1ccccc1)N(C)C)N(C)Cc1ccc(F)cc1. The predicted octanol–water partition coefficient (Wildman–Crippen LogP) is 3.14. The van der Waals surface area contributed by atoms with E-state index < -0.39 is 0 Å². The van der Waals surface area contributed by atoms with E-state index in [9.17, 15) is 4.39 Å². The van der Waals surface area contributed by atoms with Gasteiger partial charge in [-0.05, 0) is 37.4 Å². The van der Waals surface area contributed by atoms with E-state index in [1.165, 1.54) is 17.7 Å². The van der Waals surface area contributed by atoms with Crippen molar-refractivity contribution in [3.8, 4) is 0 Å². The van der Waals surface area contributed by atoms with E-state index in [1.807, 2.05) is 18.0 Å². The Hall–Kier alpha value is -2.40. The monoisotopic (exact) mass is 342 g/mol. The molecule has 0 aliphatic carbocycles. The van der Waals surface area contributed by atoms with Gasteiger partial charge in [-0.3, -0.25) is 4.99 Å². The van der Waals surface area contributed by atoms with Gasteiger partial charge >= 0.3 is 0 Å². The maximum atomic E-state index is 13.0. The number of rotatable bonds is 6. The van der Waals surface area contributed by atoms with Gasteiger partial charge in [0.05, 0.1) is 6.04 Å². The minimum Gasteiger partial charge on any atom is -0.354 e. The molecule has 0 amide bonds. The summed E-state index contributed by atoms with van der Waals surface area (Å²) in [7, 11) is 7.90. The van der Waals surface area contributed by atoms with E-state index in [0.29, 0.717) is 6.54 Å². The molecule has 0 heterocycles. The second-order valence-corrected chi connectivity index (χ2v) is 6.30. The fourth-order valence-electron chi connectivity index (χ4n) is 2.79. The highest BCUT2D eigenvalue weighted by Crippen LogP contribution is 2.16. The standard InChI is InChI=1S/C20H27FN4/c1-22-20(25(4)15-16-10-12-18(21)13-11-16)23-14-19(24(2)3)17-8-6-5-7-9-17/h5-13,19H,14-15H2,1-4H3,(H,22,23). The van der Waals surface area contributed by atoms with Crippen molar-refractivity contribution >= 4 is 5.96 Å². The number of hydrogen-bond donors (Lipinski definition) is 1. The lowest BCUT2D eigenvalue weighted by atomic mass is 10.1. The van der Waals surface area contributed by atoms with Crippen LogP contribution >= 0.6 is 0 Å². The summed E-state index contributed by atoms with van der Waals surface area (Å²) >= 11 is 0. The van der Waals surface area contributed by atoms with Gasteiger partial charge in [0.25, 0.3) is 0 Å². The number of aliphatic imine (C=N–C) groups is 1. The molecule has 0 aliphatic heterocycles. The molecule has 1 atom stereocenters. The zero-order chi connectivity index (χ0) is 18.2. The average Bonchev–Trinajstić information content (AvgIpc) is 2.61. The molecule has 2 aromatic carbocycles. The van der Waals surface area contributed by atoms with Crippen molar-refractivity contribution in [1.82, 2.24) is 15.1 Å². The second-order valence-electron chi connectivity index (χ2n) is 6.30. The van der Waals surface area contributed by atoms with Crippen molar-refractivity contribution in [2.45, 2.75) is 12.6 Å². The van der Waals surface area contributed by atoms with Gasteiger partial charge < -0.3 is 15.1 Å². The van der Waals surface area contributed by atoms with Crippen molar-refractivity contribution in [3.63, 3.8) is 0 Å². The fraction of sp³-hybridized carbons (Fsp3) is 0.350. The highest BCUT2D eigenvalue weighted by atomic mass is 19.1. The quantitative estimate of drug-likeness (QED) is 0.646. The van der Waals surface area contributed by atoms with E-state index in [-0.39, 0.29) is 11.9 Å². The normalized spacial score (nSPS) is 13.0. The van der Waals surface area contributed by atoms with Crippen molar-refractivity contribution in [3.05, 3.63) is 71.5 Å². The predicted molar refractivity (Wildman–Crippen MR) is 102 cm³/mol. The Labute approximate surface area is 150 Å². The number of halogens is 1. The fourth-order valence-corrected chi connectivity index (χ4v) is 2.79. The minimum absolute atomic E-state index is 0.217. The topological polar surface area (TPSA) is 30.9 Å². The van der Waals surface area contributed by atoms with Crippen LogP contribution in [-0.2, 0) is 6.54 Å². The first-order chi connectivity index (χ1) is 12.0. The number of benzene rings is 2. The molecule has 2 rings (SSSR count). The zero-order valence-electron chi connectivity index (χ0n) is 15.4. The van der Waals surface area contributed by atoms with Crippen LogP contribution in [0.2, 0.25) is 0 Å². The first-order valence-corrected chi connectivity index (χ1v) is 8.39. The lowest BCUT2D eigenvalue weighted by molar-refractivity contribution is 0.295. The second kappa shape index (κ2) is 9.18. The molecule has 25 heavy (non-hydrogen) atoms. The Kier molecular flexibility index (Phi) is 6.95. The lowest BCUT2D eigenvalue weighted by Gasteiger charge is -2.28. The third-order valence-corrected chi connectivity index (χ3v) is 4.17. The van der Waals surface area contributed by atoms with Gasteiger partial charge in [-0.25, -0.2) is 4.39 Å². The third kappa shape index (κ3) is 5.57. The van der Waals surface area contributed by atoms with Crippen molar-refractivity contribution in [2.24, 2.45) is 4.99 Å². The molecular weight excluding hydrogens is 315 g/mol. The maximum Gasteiger partial charge on any atom is 0.193 e. The molecule has 2 aromatic rings. The minimum atomic E-state index is -0.217. The summed E-state index contributed by atoms with van der Waals surface area (Å²) in [5, 5.41) is 3.44. The first kappa shape index (κ1) is 18.9. The van der Waals surface area contributed by atoms with Gasteiger partial charge in [0.15, 0.2) is 5.96 Å². The smallest absolute Gasteiger partial charge is 0.193 e. The summed E-state index contributed by atoms with van der Waals surface area (Å²) in [6.07, 6.45) is 0. The Morgan fingerprint density at radius 3 is 2.24 bits per heavy atom. The summed E-state index contributed by atoms with van der Waals surface area (Å²) in [5.41, 5.74) is 2.30. The molecule has 1 N–H and O–H groups in total. The largest absolute Gasteiger partial charge is 0.354 e. The molecule has 134 valence electrons. The van der Waals surface area contributed by atoms with E-state index in [1.54, 1.807) is 19.2 Å². The van der Waals surface area contributed by atoms with Gasteiger partial charge in [-0.2, -0.15) is 0 Å². The van der Waals surface area contributed by atoms with E-state index in [0.717, 1.165) is 18.1 Å². The maximum absolute atomic E-state index is 13.0. The van der Waals surface area contributed by atoms with E-state index >= 15 is 0 Å². The molecular formula is C20H27FN4. The van der Waals surface area contributed by atoms with Gasteiger partial charge in [0.2, 0.25) is 0 Å². The first-order valence-electron chi connectivity index (χ1n) is 8.39. The molecule has 0 radical (unpaired) electrons. The van der Waals surface area contributed by atoms with Crippen LogP contribution in [0.15, 0.2) is 59.6 Å². The number of hydrogen-bond acceptors (Lipinski definition) is 2. The lowest BCUT2D eigenvalue weighted by Crippen LogP contribution is -2.42. The summed E-state index contributed by atoms with van der Waals surface area (Å²) in [6.45, 7) is 1.41. The Bertz CT molecular complexity index is 668. The average molecular weight is 342 g/mol. The van der Waals surface area contributed by atoms with Crippen LogP contribution in [0.3, 0.4) is 0 Å². The third-order valence-electron chi connectivity index (χ3n) is 4.17. The van der Waals surface area contributed by atoms with Crippen molar-refractivity contribution in [2.75, 3.05) is 34.7 Å². The summed E-state index contributed by atoms with van der Waals surface area (Å²) in [4.78, 5) is 8.59. The molecule has 0 aromatic heterocycles. The number of guanidine groups is 1. The van der Waals surface area contributed by atoms with Gasteiger partial charge in [-0.1, -0.05) is 42.5 Å². The van der Waals surface area contributed by atoms with E-state index in [2.05, 4.69) is 53.6 Å². The van der Waals surface area contributed by atoms with Crippen LogP contribution in [0.1, 0.15) is 17.2 Å². The molecule has 0 fully saturated rings. The summed E-state index contributed by atoms with van der Waals surface area (Å²) in [6, 6.07) is 17.2. The molecule has 0 aliphatic rings. The van der Waals surface area contributed by atoms with Crippen LogP contribution in [0.4, 0.5) is 4.39 Å². The van der Waals surface area contributed by atoms with Crippen LogP contribution in [0.25, 0.3) is 0 Å². The summed E-state index contributed by atoms with van der Waals surface area (Å²) < 4.78 is 13.0. The molecule has 4 nitrogen and oxygen atoms in total. The Morgan fingerprint density at radius 2 is 1.68 bits per heavy atom.